The maximum absolute atomic E-state index is 12.4. The summed E-state index contributed by atoms with van der Waals surface area (Å²) in [6, 6.07) is 12.1. The van der Waals surface area contributed by atoms with Crippen LogP contribution >= 0.6 is 0 Å². The molecule has 29 heavy (non-hydrogen) atoms. The molecule has 2 aromatic carbocycles. The van der Waals surface area contributed by atoms with Crippen molar-refractivity contribution < 1.29 is 24.2 Å². The summed E-state index contributed by atoms with van der Waals surface area (Å²) in [6.07, 6.45) is 0.964. The summed E-state index contributed by atoms with van der Waals surface area (Å²) in [7, 11) is 0. The fraction of sp³-hybridized carbons (Fsp3) is 0.318. The van der Waals surface area contributed by atoms with E-state index in [4.69, 9.17) is 9.84 Å². The number of ether oxygens (including phenoxy) is 1. The molecule has 0 aliphatic rings. The number of carboxylic acid groups (broad SMARTS) is 1. The molecule has 7 nitrogen and oxygen atoms in total. The van der Waals surface area contributed by atoms with Gasteiger partial charge in [-0.1, -0.05) is 13.8 Å². The quantitative estimate of drug-likeness (QED) is 0.599. The third-order valence-electron chi connectivity index (χ3n) is 4.20. The monoisotopic (exact) mass is 398 g/mol. The second-order valence-electron chi connectivity index (χ2n) is 7.12. The molecule has 1 unspecified atom stereocenters. The Morgan fingerprint density at radius 2 is 1.45 bits per heavy atom. The Morgan fingerprint density at radius 3 is 2.00 bits per heavy atom. The topological polar surface area (TPSA) is 105 Å². The lowest BCUT2D eigenvalue weighted by atomic mass is 10.1. The molecule has 0 saturated heterocycles. The van der Waals surface area contributed by atoms with Crippen LogP contribution in [0.25, 0.3) is 0 Å². The van der Waals surface area contributed by atoms with Crippen molar-refractivity contribution >= 4 is 23.5 Å². The number of rotatable bonds is 9. The molecule has 1 atom stereocenters. The zero-order chi connectivity index (χ0) is 21.4. The maximum atomic E-state index is 12.4. The summed E-state index contributed by atoms with van der Waals surface area (Å²) in [5.41, 5.74) is 1.31. The Bertz CT molecular complexity index is 845. The first kappa shape index (κ1) is 21.9. The molecule has 3 N–H and O–H groups in total. The largest absolute Gasteiger partial charge is 0.494 e. The summed E-state index contributed by atoms with van der Waals surface area (Å²) in [5, 5.41) is 14.0. The third-order valence-corrected chi connectivity index (χ3v) is 4.20. The second-order valence-corrected chi connectivity index (χ2v) is 7.12. The highest BCUT2D eigenvalue weighted by Crippen LogP contribution is 2.16. The molecule has 154 valence electrons. The van der Waals surface area contributed by atoms with E-state index in [0.29, 0.717) is 35.1 Å². The van der Waals surface area contributed by atoms with Crippen molar-refractivity contribution in [1.82, 2.24) is 5.32 Å². The van der Waals surface area contributed by atoms with Gasteiger partial charge < -0.3 is 20.5 Å². The van der Waals surface area contributed by atoms with E-state index in [1.165, 1.54) is 19.1 Å². The van der Waals surface area contributed by atoms with Crippen LogP contribution in [-0.2, 0) is 4.79 Å². The van der Waals surface area contributed by atoms with Gasteiger partial charge in [0, 0.05) is 16.8 Å². The molecule has 0 fully saturated rings. The average molecular weight is 398 g/mol. The first-order chi connectivity index (χ1) is 13.8. The number of anilines is 1. The van der Waals surface area contributed by atoms with Crippen LogP contribution in [-0.4, -0.2) is 35.5 Å². The fourth-order valence-electron chi connectivity index (χ4n) is 2.36. The number of amides is 2. The normalized spacial score (nSPS) is 11.6. The van der Waals surface area contributed by atoms with Crippen molar-refractivity contribution in [1.29, 1.82) is 0 Å². The van der Waals surface area contributed by atoms with Gasteiger partial charge in [0.2, 0.25) is 0 Å². The number of aliphatic carboxylic acids is 1. The summed E-state index contributed by atoms with van der Waals surface area (Å²) < 4.78 is 5.64. The minimum atomic E-state index is -1.11. The van der Waals surface area contributed by atoms with E-state index in [9.17, 15) is 14.4 Å². The SMILES string of the molecule is CC(C)CCOc1ccc(C(=O)Nc2ccc(C(=O)NC(C)C(=O)O)cc2)cc1. The predicted octanol–water partition coefficient (Wildman–Crippen LogP) is 3.57. The van der Waals surface area contributed by atoms with E-state index in [1.807, 2.05) is 0 Å². The van der Waals surface area contributed by atoms with Crippen molar-refractivity contribution in [3.05, 3.63) is 59.7 Å². The molecule has 2 amide bonds. The van der Waals surface area contributed by atoms with Gasteiger partial charge >= 0.3 is 5.97 Å². The molecule has 0 bridgehead atoms. The van der Waals surface area contributed by atoms with Crippen LogP contribution in [0.4, 0.5) is 5.69 Å². The van der Waals surface area contributed by atoms with E-state index in [2.05, 4.69) is 24.5 Å². The van der Waals surface area contributed by atoms with Gasteiger partial charge in [0.15, 0.2) is 0 Å². The maximum Gasteiger partial charge on any atom is 0.325 e. The Morgan fingerprint density at radius 1 is 0.897 bits per heavy atom. The number of carbonyl (C=O) groups is 3. The van der Waals surface area contributed by atoms with E-state index < -0.39 is 17.9 Å². The summed E-state index contributed by atoms with van der Waals surface area (Å²) >= 11 is 0. The number of hydrogen-bond acceptors (Lipinski definition) is 4. The first-order valence-corrected chi connectivity index (χ1v) is 9.44. The smallest absolute Gasteiger partial charge is 0.325 e. The molecule has 0 heterocycles. The number of carboxylic acids is 1. The number of carbonyl (C=O) groups excluding carboxylic acids is 2. The van der Waals surface area contributed by atoms with Crippen molar-refractivity contribution in [3.63, 3.8) is 0 Å². The van der Waals surface area contributed by atoms with Crippen LogP contribution in [0.3, 0.4) is 0 Å². The molecule has 0 radical (unpaired) electrons. The van der Waals surface area contributed by atoms with Gasteiger partial charge in [-0.25, -0.2) is 0 Å². The minimum absolute atomic E-state index is 0.282. The molecule has 0 aliphatic carbocycles. The highest BCUT2D eigenvalue weighted by Gasteiger charge is 2.15. The molecular formula is C22H26N2O5. The average Bonchev–Trinajstić information content (AvgIpc) is 2.68. The highest BCUT2D eigenvalue weighted by molar-refractivity contribution is 6.04. The van der Waals surface area contributed by atoms with Gasteiger partial charge in [0.25, 0.3) is 11.8 Å². The highest BCUT2D eigenvalue weighted by atomic mass is 16.5. The zero-order valence-electron chi connectivity index (χ0n) is 16.8. The van der Waals surface area contributed by atoms with Crippen LogP contribution in [0.15, 0.2) is 48.5 Å². The lowest BCUT2D eigenvalue weighted by Crippen LogP contribution is -2.38. The Hall–Kier alpha value is -3.35. The van der Waals surface area contributed by atoms with Crippen LogP contribution in [0, 0.1) is 5.92 Å². The lowest BCUT2D eigenvalue weighted by molar-refractivity contribution is -0.138. The third kappa shape index (κ3) is 6.95. The summed E-state index contributed by atoms with van der Waals surface area (Å²) in [6.45, 7) is 6.28. The van der Waals surface area contributed by atoms with Crippen molar-refractivity contribution in [2.75, 3.05) is 11.9 Å². The van der Waals surface area contributed by atoms with E-state index in [1.54, 1.807) is 36.4 Å². The molecule has 0 spiro atoms. The number of nitrogens with one attached hydrogen (secondary N) is 2. The lowest BCUT2D eigenvalue weighted by Gasteiger charge is -2.10. The predicted molar refractivity (Wildman–Crippen MR) is 110 cm³/mol. The van der Waals surface area contributed by atoms with Gasteiger partial charge in [0.05, 0.1) is 6.61 Å². The van der Waals surface area contributed by atoms with Gasteiger partial charge in [-0.15, -0.1) is 0 Å². The molecule has 7 heteroatoms. The van der Waals surface area contributed by atoms with Gasteiger partial charge in [0.1, 0.15) is 11.8 Å². The Kier molecular flexibility index (Phi) is 7.77. The van der Waals surface area contributed by atoms with E-state index >= 15 is 0 Å². The molecule has 0 aromatic heterocycles. The van der Waals surface area contributed by atoms with E-state index in [0.717, 1.165) is 6.42 Å². The molecule has 0 saturated carbocycles. The first-order valence-electron chi connectivity index (χ1n) is 9.44. The van der Waals surface area contributed by atoms with Crippen molar-refractivity contribution in [3.8, 4) is 5.75 Å². The van der Waals surface area contributed by atoms with Crippen LogP contribution in [0.2, 0.25) is 0 Å². The minimum Gasteiger partial charge on any atom is -0.494 e. The number of hydrogen-bond donors (Lipinski definition) is 3. The van der Waals surface area contributed by atoms with Gasteiger partial charge in [-0.2, -0.15) is 0 Å². The molecule has 0 aliphatic heterocycles. The van der Waals surface area contributed by atoms with Crippen LogP contribution < -0.4 is 15.4 Å². The molecular weight excluding hydrogens is 372 g/mol. The standard InChI is InChI=1S/C22H26N2O5/c1-14(2)12-13-29-19-10-6-17(7-11-19)21(26)24-18-8-4-16(5-9-18)20(25)23-15(3)22(27)28/h4-11,14-15H,12-13H2,1-3H3,(H,23,25)(H,24,26)(H,27,28). The second kappa shape index (κ2) is 10.3. The van der Waals surface area contributed by atoms with Crippen LogP contribution in [0.1, 0.15) is 47.9 Å². The molecule has 2 aromatic rings. The molecule has 2 rings (SSSR count). The summed E-state index contributed by atoms with van der Waals surface area (Å²) in [4.78, 5) is 35.2. The summed E-state index contributed by atoms with van der Waals surface area (Å²) in [5.74, 6) is -0.605. The van der Waals surface area contributed by atoms with Gasteiger partial charge in [-0.05, 0) is 67.8 Å². The van der Waals surface area contributed by atoms with Crippen molar-refractivity contribution in [2.24, 2.45) is 5.92 Å². The van der Waals surface area contributed by atoms with Crippen LogP contribution in [0.5, 0.6) is 5.75 Å². The van der Waals surface area contributed by atoms with E-state index in [-0.39, 0.29) is 5.91 Å². The van der Waals surface area contributed by atoms with Crippen molar-refractivity contribution in [2.45, 2.75) is 33.2 Å². The zero-order valence-corrected chi connectivity index (χ0v) is 16.8. The van der Waals surface area contributed by atoms with Gasteiger partial charge in [-0.3, -0.25) is 14.4 Å². The Balaban J connectivity index is 1.91. The number of benzene rings is 2. The Labute approximate surface area is 170 Å². The fourth-order valence-corrected chi connectivity index (χ4v) is 2.36.